The SMILES string of the molecule is COc1cc(OC)cc(Oc2cc(Br)ccc2CC(=O)O)c1. The molecule has 0 radical (unpaired) electrons. The first-order chi connectivity index (χ1) is 10.5. The number of hydrogen-bond acceptors (Lipinski definition) is 4. The Kier molecular flexibility index (Phi) is 5.27. The van der Waals surface area contributed by atoms with E-state index in [0.29, 0.717) is 28.6 Å². The van der Waals surface area contributed by atoms with Gasteiger partial charge in [0, 0.05) is 28.2 Å². The van der Waals surface area contributed by atoms with E-state index in [4.69, 9.17) is 19.3 Å². The van der Waals surface area contributed by atoms with E-state index >= 15 is 0 Å². The predicted octanol–water partition coefficient (Wildman–Crippen LogP) is 3.89. The highest BCUT2D eigenvalue weighted by molar-refractivity contribution is 9.10. The van der Waals surface area contributed by atoms with Crippen LogP contribution in [0.5, 0.6) is 23.0 Å². The zero-order valence-electron chi connectivity index (χ0n) is 12.1. The van der Waals surface area contributed by atoms with E-state index in [1.807, 2.05) is 0 Å². The van der Waals surface area contributed by atoms with Gasteiger partial charge >= 0.3 is 5.97 Å². The number of ether oxygens (including phenoxy) is 3. The largest absolute Gasteiger partial charge is 0.496 e. The summed E-state index contributed by atoms with van der Waals surface area (Å²) in [7, 11) is 3.10. The first-order valence-electron chi connectivity index (χ1n) is 6.43. The van der Waals surface area contributed by atoms with Crippen molar-refractivity contribution in [3.05, 3.63) is 46.4 Å². The zero-order chi connectivity index (χ0) is 16.1. The van der Waals surface area contributed by atoms with Crippen molar-refractivity contribution in [2.45, 2.75) is 6.42 Å². The van der Waals surface area contributed by atoms with E-state index in [9.17, 15) is 4.79 Å². The Morgan fingerprint density at radius 2 is 1.64 bits per heavy atom. The Bertz CT molecular complexity index is 662. The van der Waals surface area contributed by atoms with Crippen LogP contribution in [0.3, 0.4) is 0 Å². The van der Waals surface area contributed by atoms with Gasteiger partial charge in [0.1, 0.15) is 23.0 Å². The summed E-state index contributed by atoms with van der Waals surface area (Å²) < 4.78 is 17.0. The molecule has 5 nitrogen and oxygen atoms in total. The number of carboxylic acids is 1. The van der Waals surface area contributed by atoms with Gasteiger partial charge < -0.3 is 19.3 Å². The van der Waals surface area contributed by atoms with Gasteiger partial charge in [0.05, 0.1) is 20.6 Å². The van der Waals surface area contributed by atoms with Gasteiger partial charge in [0.25, 0.3) is 0 Å². The van der Waals surface area contributed by atoms with Crippen LogP contribution < -0.4 is 14.2 Å². The van der Waals surface area contributed by atoms with Crippen molar-refractivity contribution in [3.8, 4) is 23.0 Å². The number of rotatable bonds is 6. The Hall–Kier alpha value is -2.21. The van der Waals surface area contributed by atoms with Crippen LogP contribution in [0, 0.1) is 0 Å². The third-order valence-electron chi connectivity index (χ3n) is 2.92. The number of halogens is 1. The molecule has 0 spiro atoms. The molecule has 2 rings (SSSR count). The molecule has 0 aliphatic carbocycles. The number of methoxy groups -OCH3 is 2. The second kappa shape index (κ2) is 7.17. The summed E-state index contributed by atoms with van der Waals surface area (Å²) in [6.07, 6.45) is -0.121. The average Bonchev–Trinajstić information content (AvgIpc) is 2.49. The number of hydrogen-bond donors (Lipinski definition) is 1. The average molecular weight is 367 g/mol. The van der Waals surface area contributed by atoms with Gasteiger partial charge in [-0.05, 0) is 12.1 Å². The lowest BCUT2D eigenvalue weighted by Gasteiger charge is -2.13. The van der Waals surface area contributed by atoms with E-state index < -0.39 is 5.97 Å². The maximum absolute atomic E-state index is 11.0. The molecule has 116 valence electrons. The summed E-state index contributed by atoms with van der Waals surface area (Å²) >= 11 is 3.36. The Morgan fingerprint density at radius 1 is 1.05 bits per heavy atom. The number of benzene rings is 2. The molecule has 0 unspecified atom stereocenters. The van der Waals surface area contributed by atoms with E-state index in [1.165, 1.54) is 0 Å². The second-order valence-electron chi connectivity index (χ2n) is 4.47. The first-order valence-corrected chi connectivity index (χ1v) is 7.22. The lowest BCUT2D eigenvalue weighted by molar-refractivity contribution is -0.136. The van der Waals surface area contributed by atoms with Gasteiger partial charge in [-0.25, -0.2) is 0 Å². The molecular weight excluding hydrogens is 352 g/mol. The smallest absolute Gasteiger partial charge is 0.307 e. The maximum atomic E-state index is 11.0. The fourth-order valence-electron chi connectivity index (χ4n) is 1.90. The van der Waals surface area contributed by atoms with Crippen molar-refractivity contribution in [3.63, 3.8) is 0 Å². The van der Waals surface area contributed by atoms with Crippen molar-refractivity contribution in [1.29, 1.82) is 0 Å². The van der Waals surface area contributed by atoms with Crippen LogP contribution >= 0.6 is 15.9 Å². The molecule has 2 aromatic rings. The van der Waals surface area contributed by atoms with Crippen molar-refractivity contribution in [2.75, 3.05) is 14.2 Å². The van der Waals surface area contributed by atoms with Gasteiger partial charge in [-0.1, -0.05) is 22.0 Å². The molecular formula is C16H15BrO5. The topological polar surface area (TPSA) is 65.0 Å². The minimum atomic E-state index is -0.921. The summed E-state index contributed by atoms with van der Waals surface area (Å²) in [5.74, 6) is 1.22. The van der Waals surface area contributed by atoms with Crippen LogP contribution in [0.15, 0.2) is 40.9 Å². The van der Waals surface area contributed by atoms with Gasteiger partial charge in [0.2, 0.25) is 0 Å². The molecule has 0 aliphatic heterocycles. The Labute approximate surface area is 136 Å². The second-order valence-corrected chi connectivity index (χ2v) is 5.39. The number of carbonyl (C=O) groups is 1. The molecule has 0 saturated heterocycles. The Balaban J connectivity index is 2.37. The minimum Gasteiger partial charge on any atom is -0.496 e. The number of carboxylic acid groups (broad SMARTS) is 1. The van der Waals surface area contributed by atoms with Crippen molar-refractivity contribution in [2.24, 2.45) is 0 Å². The van der Waals surface area contributed by atoms with Crippen LogP contribution in [0.25, 0.3) is 0 Å². The first kappa shape index (κ1) is 16.2. The lowest BCUT2D eigenvalue weighted by atomic mass is 10.1. The molecule has 0 fully saturated rings. The molecule has 22 heavy (non-hydrogen) atoms. The highest BCUT2D eigenvalue weighted by Gasteiger charge is 2.11. The van der Waals surface area contributed by atoms with Gasteiger partial charge in [-0.3, -0.25) is 4.79 Å². The van der Waals surface area contributed by atoms with Gasteiger partial charge in [-0.2, -0.15) is 0 Å². The van der Waals surface area contributed by atoms with E-state index in [2.05, 4.69) is 15.9 Å². The molecule has 0 heterocycles. The molecule has 2 aromatic carbocycles. The van der Waals surface area contributed by atoms with Crippen LogP contribution in [-0.4, -0.2) is 25.3 Å². The minimum absolute atomic E-state index is 0.121. The van der Waals surface area contributed by atoms with Crippen LogP contribution in [0.2, 0.25) is 0 Å². The molecule has 0 bridgehead atoms. The van der Waals surface area contributed by atoms with E-state index in [1.54, 1.807) is 50.6 Å². The van der Waals surface area contributed by atoms with E-state index in [0.717, 1.165) is 4.47 Å². The summed E-state index contributed by atoms with van der Waals surface area (Å²) in [4.78, 5) is 11.0. The van der Waals surface area contributed by atoms with Crippen molar-refractivity contribution in [1.82, 2.24) is 0 Å². The number of aliphatic carboxylic acids is 1. The molecule has 0 atom stereocenters. The van der Waals surface area contributed by atoms with Crippen LogP contribution in [0.1, 0.15) is 5.56 Å². The predicted molar refractivity (Wildman–Crippen MR) is 85.1 cm³/mol. The summed E-state index contributed by atoms with van der Waals surface area (Å²) in [6.45, 7) is 0. The van der Waals surface area contributed by atoms with Gasteiger partial charge in [-0.15, -0.1) is 0 Å². The van der Waals surface area contributed by atoms with E-state index in [-0.39, 0.29) is 6.42 Å². The third-order valence-corrected chi connectivity index (χ3v) is 3.42. The molecule has 0 amide bonds. The standard InChI is InChI=1S/C16H15BrO5/c1-20-12-7-13(21-2)9-14(8-12)22-15-6-11(17)4-3-10(15)5-16(18)19/h3-4,6-9H,5H2,1-2H3,(H,18,19). The van der Waals surface area contributed by atoms with Gasteiger partial charge in [0.15, 0.2) is 0 Å². The Morgan fingerprint density at radius 3 is 2.18 bits per heavy atom. The van der Waals surface area contributed by atoms with Crippen molar-refractivity contribution >= 4 is 21.9 Å². The molecule has 0 saturated carbocycles. The summed E-state index contributed by atoms with van der Waals surface area (Å²) in [5.41, 5.74) is 0.581. The molecule has 1 N–H and O–H groups in total. The summed E-state index contributed by atoms with van der Waals surface area (Å²) in [6, 6.07) is 10.3. The highest BCUT2D eigenvalue weighted by Crippen LogP contribution is 2.33. The highest BCUT2D eigenvalue weighted by atomic mass is 79.9. The maximum Gasteiger partial charge on any atom is 0.307 e. The third kappa shape index (κ3) is 4.14. The van der Waals surface area contributed by atoms with Crippen LogP contribution in [-0.2, 0) is 11.2 Å². The molecule has 0 aliphatic rings. The normalized spacial score (nSPS) is 10.1. The molecule has 6 heteroatoms. The lowest BCUT2D eigenvalue weighted by Crippen LogP contribution is -2.02. The zero-order valence-corrected chi connectivity index (χ0v) is 13.7. The van der Waals surface area contributed by atoms with Crippen LogP contribution in [0.4, 0.5) is 0 Å². The molecule has 0 aromatic heterocycles. The quantitative estimate of drug-likeness (QED) is 0.839. The fourth-order valence-corrected chi connectivity index (χ4v) is 2.24. The summed E-state index contributed by atoms with van der Waals surface area (Å²) in [5, 5.41) is 8.98. The van der Waals surface area contributed by atoms with Crippen molar-refractivity contribution < 1.29 is 24.1 Å². The fraction of sp³-hybridized carbons (Fsp3) is 0.188. The monoisotopic (exact) mass is 366 g/mol.